The van der Waals surface area contributed by atoms with Gasteiger partial charge in [0.15, 0.2) is 0 Å². The lowest BCUT2D eigenvalue weighted by molar-refractivity contribution is -0.125. The monoisotopic (exact) mass is 469 g/mol. The normalized spacial score (nSPS) is 15.8. The minimum absolute atomic E-state index is 0.0739. The van der Waals surface area contributed by atoms with Crippen LogP contribution in [0, 0.1) is 13.8 Å². The van der Waals surface area contributed by atoms with Gasteiger partial charge in [-0.3, -0.25) is 14.5 Å². The highest BCUT2D eigenvalue weighted by Crippen LogP contribution is 2.43. The average Bonchev–Trinajstić information content (AvgIpc) is 3.00. The van der Waals surface area contributed by atoms with Crippen molar-refractivity contribution < 1.29 is 9.59 Å². The summed E-state index contributed by atoms with van der Waals surface area (Å²) in [6.45, 7) is 4.43. The molecular formula is C28H27N3O2S. The Kier molecular flexibility index (Phi) is 5.92. The van der Waals surface area contributed by atoms with Crippen LogP contribution in [0.4, 0.5) is 5.69 Å². The highest BCUT2D eigenvalue weighted by Gasteiger charge is 2.39. The Morgan fingerprint density at radius 3 is 2.41 bits per heavy atom. The summed E-state index contributed by atoms with van der Waals surface area (Å²) < 4.78 is 2.10. The third-order valence-electron chi connectivity index (χ3n) is 6.27. The Balaban J connectivity index is 1.67. The number of anilines is 1. The topological polar surface area (TPSA) is 54.3 Å². The summed E-state index contributed by atoms with van der Waals surface area (Å²) in [4.78, 5) is 29.2. The summed E-state index contributed by atoms with van der Waals surface area (Å²) in [6.07, 6.45) is 0. The first-order chi connectivity index (χ1) is 16.4. The lowest BCUT2D eigenvalue weighted by atomic mass is 10.0. The number of aryl methyl sites for hydroxylation is 3. The van der Waals surface area contributed by atoms with Crippen LogP contribution < -0.4 is 10.2 Å². The van der Waals surface area contributed by atoms with E-state index in [0.717, 1.165) is 43.9 Å². The van der Waals surface area contributed by atoms with Gasteiger partial charge >= 0.3 is 0 Å². The van der Waals surface area contributed by atoms with Crippen molar-refractivity contribution in [2.24, 2.45) is 7.05 Å². The van der Waals surface area contributed by atoms with Crippen molar-refractivity contribution in [1.29, 1.82) is 0 Å². The van der Waals surface area contributed by atoms with E-state index in [4.69, 9.17) is 0 Å². The third-order valence-corrected chi connectivity index (χ3v) is 7.42. The minimum Gasteiger partial charge on any atom is -0.350 e. The molecule has 0 saturated heterocycles. The molecule has 3 aromatic carbocycles. The lowest BCUT2D eigenvalue weighted by Gasteiger charge is -2.30. The fourth-order valence-corrected chi connectivity index (χ4v) is 5.89. The number of carbonyl (C=O) groups is 2. The summed E-state index contributed by atoms with van der Waals surface area (Å²) >= 11 is 1.50. The molecule has 2 amide bonds. The van der Waals surface area contributed by atoms with Gasteiger partial charge in [0.1, 0.15) is 6.04 Å². The van der Waals surface area contributed by atoms with E-state index in [1.165, 1.54) is 11.8 Å². The summed E-state index contributed by atoms with van der Waals surface area (Å²) in [5.74, 6) is 0.0127. The van der Waals surface area contributed by atoms with E-state index < -0.39 is 6.04 Å². The number of nitrogens with one attached hydrogen (secondary N) is 1. The van der Waals surface area contributed by atoms with Gasteiger partial charge in [-0.25, -0.2) is 0 Å². The predicted molar refractivity (Wildman–Crippen MR) is 138 cm³/mol. The SMILES string of the molecule is Cc1cc(C)cc(N2C(=O)CSc3c(c4ccccc4n3C)[C@H]2C(=O)NCc2ccccc2)c1. The van der Waals surface area contributed by atoms with E-state index in [2.05, 4.69) is 22.0 Å². The molecule has 0 fully saturated rings. The average molecular weight is 470 g/mol. The molecule has 0 aliphatic carbocycles. The second-order valence-electron chi connectivity index (χ2n) is 8.80. The molecule has 4 aromatic rings. The quantitative estimate of drug-likeness (QED) is 0.442. The zero-order valence-corrected chi connectivity index (χ0v) is 20.4. The molecule has 0 bridgehead atoms. The van der Waals surface area contributed by atoms with Crippen LogP contribution in [0.25, 0.3) is 10.9 Å². The largest absolute Gasteiger partial charge is 0.350 e. The molecule has 34 heavy (non-hydrogen) atoms. The van der Waals surface area contributed by atoms with Gasteiger partial charge < -0.3 is 9.88 Å². The maximum atomic E-state index is 13.9. The number of aromatic nitrogens is 1. The molecule has 6 heteroatoms. The highest BCUT2D eigenvalue weighted by atomic mass is 32.2. The zero-order valence-electron chi connectivity index (χ0n) is 19.5. The van der Waals surface area contributed by atoms with Crippen molar-refractivity contribution >= 4 is 40.2 Å². The maximum Gasteiger partial charge on any atom is 0.248 e. The number of hydrogen-bond donors (Lipinski definition) is 1. The summed E-state index contributed by atoms with van der Waals surface area (Å²) in [5, 5.41) is 5.07. The van der Waals surface area contributed by atoms with Gasteiger partial charge in [0.05, 0.1) is 10.8 Å². The van der Waals surface area contributed by atoms with Gasteiger partial charge in [0, 0.05) is 35.7 Å². The van der Waals surface area contributed by atoms with Gasteiger partial charge in [-0.1, -0.05) is 66.4 Å². The first-order valence-electron chi connectivity index (χ1n) is 11.4. The van der Waals surface area contributed by atoms with E-state index in [1.54, 1.807) is 4.90 Å². The first-order valence-corrected chi connectivity index (χ1v) is 12.3. The summed E-state index contributed by atoms with van der Waals surface area (Å²) in [7, 11) is 2.00. The van der Waals surface area contributed by atoms with Gasteiger partial charge in [0.2, 0.25) is 11.8 Å². The van der Waals surface area contributed by atoms with Crippen molar-refractivity contribution in [3.05, 3.63) is 95.1 Å². The van der Waals surface area contributed by atoms with Crippen LogP contribution in [0.1, 0.15) is 28.3 Å². The molecule has 172 valence electrons. The second-order valence-corrected chi connectivity index (χ2v) is 9.76. The van der Waals surface area contributed by atoms with Gasteiger partial charge in [-0.05, 0) is 48.7 Å². The molecule has 0 radical (unpaired) electrons. The number of rotatable bonds is 4. The second kappa shape index (κ2) is 9.03. The van der Waals surface area contributed by atoms with E-state index in [0.29, 0.717) is 6.54 Å². The first kappa shape index (κ1) is 22.3. The van der Waals surface area contributed by atoms with Crippen LogP contribution in [0.3, 0.4) is 0 Å². The van der Waals surface area contributed by atoms with Gasteiger partial charge in [-0.15, -0.1) is 0 Å². The zero-order chi connectivity index (χ0) is 23.8. The fraction of sp³-hybridized carbons (Fsp3) is 0.214. The van der Waals surface area contributed by atoms with Crippen LogP contribution >= 0.6 is 11.8 Å². The molecule has 1 N–H and O–H groups in total. The van der Waals surface area contributed by atoms with Gasteiger partial charge in [-0.2, -0.15) is 0 Å². The number of para-hydroxylation sites is 1. The molecule has 0 unspecified atom stereocenters. The number of nitrogens with zero attached hydrogens (tertiary/aromatic N) is 2. The third kappa shape index (κ3) is 3.99. The van der Waals surface area contributed by atoms with E-state index >= 15 is 0 Å². The van der Waals surface area contributed by atoms with Crippen molar-refractivity contribution in [3.63, 3.8) is 0 Å². The van der Waals surface area contributed by atoms with E-state index in [-0.39, 0.29) is 17.6 Å². The molecular weight excluding hydrogens is 442 g/mol. The van der Waals surface area contributed by atoms with Crippen LogP contribution in [0.5, 0.6) is 0 Å². The standard InChI is InChI=1S/C28H27N3O2S/c1-18-13-19(2)15-21(14-18)31-24(32)17-34-28-25(22-11-7-8-12-23(22)30(28)3)26(31)27(33)29-16-20-9-5-4-6-10-20/h4-15,26H,16-17H2,1-3H3,(H,29,33)/t26-/m0/s1. The number of thioether (sulfide) groups is 1. The van der Waals surface area contributed by atoms with Crippen molar-refractivity contribution in [2.45, 2.75) is 31.5 Å². The number of fused-ring (bicyclic) bond motifs is 3. The van der Waals surface area contributed by atoms with Crippen LogP contribution in [-0.2, 0) is 23.2 Å². The molecule has 0 saturated carbocycles. The highest BCUT2D eigenvalue weighted by molar-refractivity contribution is 8.00. The Morgan fingerprint density at radius 1 is 1.00 bits per heavy atom. The Bertz CT molecular complexity index is 1370. The molecule has 5 rings (SSSR count). The number of carbonyl (C=O) groups excluding carboxylic acids is 2. The number of amides is 2. The Morgan fingerprint density at radius 2 is 1.68 bits per heavy atom. The molecule has 0 spiro atoms. The smallest absolute Gasteiger partial charge is 0.248 e. The van der Waals surface area contributed by atoms with Crippen LogP contribution in [-0.4, -0.2) is 22.1 Å². The number of benzene rings is 3. The maximum absolute atomic E-state index is 13.9. The number of hydrogen-bond acceptors (Lipinski definition) is 3. The summed E-state index contributed by atoms with van der Waals surface area (Å²) in [5.41, 5.74) is 5.82. The predicted octanol–water partition coefficient (Wildman–Crippen LogP) is 5.29. The lowest BCUT2D eigenvalue weighted by Crippen LogP contribution is -2.44. The minimum atomic E-state index is -0.770. The van der Waals surface area contributed by atoms with Gasteiger partial charge in [0.25, 0.3) is 0 Å². The molecule has 1 atom stereocenters. The van der Waals surface area contributed by atoms with Crippen molar-refractivity contribution in [1.82, 2.24) is 9.88 Å². The van der Waals surface area contributed by atoms with Crippen LogP contribution in [0.15, 0.2) is 77.8 Å². The summed E-state index contributed by atoms with van der Waals surface area (Å²) in [6, 6.07) is 23.2. The van der Waals surface area contributed by atoms with Crippen molar-refractivity contribution in [3.8, 4) is 0 Å². The Hall–Kier alpha value is -3.51. The fourth-order valence-electron chi connectivity index (χ4n) is 4.82. The Labute approximate surface area is 203 Å². The van der Waals surface area contributed by atoms with E-state index in [9.17, 15) is 9.59 Å². The molecule has 5 nitrogen and oxygen atoms in total. The van der Waals surface area contributed by atoms with E-state index in [1.807, 2.05) is 81.6 Å². The molecule has 1 aliphatic heterocycles. The molecule has 1 aromatic heterocycles. The molecule has 2 heterocycles. The molecule has 1 aliphatic rings. The van der Waals surface area contributed by atoms with Crippen molar-refractivity contribution in [2.75, 3.05) is 10.7 Å². The van der Waals surface area contributed by atoms with Crippen LogP contribution in [0.2, 0.25) is 0 Å².